The van der Waals surface area contributed by atoms with E-state index in [0.717, 1.165) is 16.5 Å². The lowest BCUT2D eigenvalue weighted by Crippen LogP contribution is -2.31. The second kappa shape index (κ2) is 8.85. The molecule has 2 aromatic rings. The van der Waals surface area contributed by atoms with Gasteiger partial charge in [-0.25, -0.2) is 0 Å². The van der Waals surface area contributed by atoms with Crippen LogP contribution < -0.4 is 10.1 Å². The zero-order chi connectivity index (χ0) is 17.5. The Hall–Kier alpha value is -1.85. The Labute approximate surface area is 151 Å². The molecule has 0 saturated heterocycles. The van der Waals surface area contributed by atoms with Crippen LogP contribution in [0.15, 0.2) is 46.9 Å². The summed E-state index contributed by atoms with van der Waals surface area (Å²) >= 11 is 3.34. The van der Waals surface area contributed by atoms with E-state index < -0.39 is 0 Å². The van der Waals surface area contributed by atoms with Gasteiger partial charge in [-0.2, -0.15) is 0 Å². The van der Waals surface area contributed by atoms with E-state index in [1.165, 1.54) is 5.56 Å². The number of nitrogens with one attached hydrogen (secondary N) is 1. The maximum Gasteiger partial charge on any atom is 0.258 e. The molecule has 2 aromatic carbocycles. The van der Waals surface area contributed by atoms with E-state index in [1.807, 2.05) is 25.1 Å². The first-order valence-electron chi connectivity index (χ1n) is 7.93. The van der Waals surface area contributed by atoms with Crippen LogP contribution in [0.1, 0.15) is 36.6 Å². The van der Waals surface area contributed by atoms with Crippen molar-refractivity contribution in [3.63, 3.8) is 0 Å². The van der Waals surface area contributed by atoms with Crippen LogP contribution in [0.3, 0.4) is 0 Å². The third-order valence-corrected chi connectivity index (χ3v) is 4.31. The zero-order valence-electron chi connectivity index (χ0n) is 13.9. The summed E-state index contributed by atoms with van der Waals surface area (Å²) in [6.45, 7) is 3.82. The number of carbonyl (C=O) groups is 1. The first-order chi connectivity index (χ1) is 11.5. The normalized spacial score (nSPS) is 11.8. The van der Waals surface area contributed by atoms with Crippen LogP contribution >= 0.6 is 15.9 Å². The van der Waals surface area contributed by atoms with Crippen molar-refractivity contribution in [3.05, 3.63) is 63.6 Å². The number of rotatable bonds is 7. The van der Waals surface area contributed by atoms with Crippen molar-refractivity contribution in [2.24, 2.45) is 0 Å². The number of aliphatic hydroxyl groups excluding tert-OH is 1. The molecule has 1 atom stereocenters. The van der Waals surface area contributed by atoms with Crippen LogP contribution in [0, 0.1) is 0 Å². The van der Waals surface area contributed by atoms with Crippen LogP contribution in [0.5, 0.6) is 5.75 Å². The molecule has 4 nitrogen and oxygen atoms in total. The third kappa shape index (κ3) is 5.08. The molecule has 0 saturated carbocycles. The molecule has 0 bridgehead atoms. The highest BCUT2D eigenvalue weighted by Gasteiger charge is 2.11. The van der Waals surface area contributed by atoms with E-state index >= 15 is 0 Å². The number of benzene rings is 2. The molecule has 2 N–H and O–H groups in total. The molecule has 2 rings (SSSR count). The lowest BCUT2D eigenvalue weighted by atomic mass is 10.1. The van der Waals surface area contributed by atoms with Gasteiger partial charge in [-0.3, -0.25) is 4.79 Å². The van der Waals surface area contributed by atoms with Gasteiger partial charge in [0.25, 0.3) is 5.91 Å². The number of amides is 1. The number of aliphatic hydroxyl groups is 1. The predicted octanol–water partition coefficient (Wildman–Crippen LogP) is 3.76. The van der Waals surface area contributed by atoms with Gasteiger partial charge in [0.05, 0.1) is 12.6 Å². The molecule has 0 radical (unpaired) electrons. The fourth-order valence-corrected chi connectivity index (χ4v) is 2.77. The number of carbonyl (C=O) groups excluding carboxylic acids is 1. The van der Waals surface area contributed by atoms with Gasteiger partial charge in [-0.15, -0.1) is 0 Å². The lowest BCUT2D eigenvalue weighted by Gasteiger charge is -2.16. The van der Waals surface area contributed by atoms with Crippen LogP contribution in [0.2, 0.25) is 0 Å². The quantitative estimate of drug-likeness (QED) is 0.755. The van der Waals surface area contributed by atoms with Gasteiger partial charge in [-0.1, -0.05) is 47.1 Å². The summed E-state index contributed by atoms with van der Waals surface area (Å²) in [5.41, 5.74) is 2.97. The van der Waals surface area contributed by atoms with Gasteiger partial charge in [-0.05, 0) is 42.7 Å². The number of aryl methyl sites for hydroxylation is 1. The lowest BCUT2D eigenvalue weighted by molar-refractivity contribution is -0.123. The van der Waals surface area contributed by atoms with Crippen LogP contribution in [0.4, 0.5) is 0 Å². The smallest absolute Gasteiger partial charge is 0.258 e. The largest absolute Gasteiger partial charge is 0.483 e. The molecule has 0 aliphatic rings. The summed E-state index contributed by atoms with van der Waals surface area (Å²) < 4.78 is 6.38. The first-order valence-corrected chi connectivity index (χ1v) is 8.73. The third-order valence-electron chi connectivity index (χ3n) is 3.82. The number of ether oxygens (including phenoxy) is 1. The van der Waals surface area contributed by atoms with Crippen LogP contribution in [0.25, 0.3) is 0 Å². The standard InChI is InChI=1S/C19H22BrNO3/c1-3-14-4-6-15(7-5-14)13(2)21-19(23)12-24-18-9-8-17(20)10-16(18)11-22/h4-10,13,22H,3,11-12H2,1-2H3,(H,21,23)/t13-/m1/s1. The van der Waals surface area contributed by atoms with E-state index in [4.69, 9.17) is 4.74 Å². The highest BCUT2D eigenvalue weighted by molar-refractivity contribution is 9.10. The Kier molecular flexibility index (Phi) is 6.82. The molecule has 0 aromatic heterocycles. The molecule has 0 aliphatic heterocycles. The second-order valence-electron chi connectivity index (χ2n) is 5.58. The van der Waals surface area contributed by atoms with E-state index in [9.17, 15) is 9.90 Å². The Morgan fingerprint density at radius 1 is 1.25 bits per heavy atom. The molecule has 1 amide bonds. The average molecular weight is 392 g/mol. The van der Waals surface area contributed by atoms with E-state index in [0.29, 0.717) is 11.3 Å². The van der Waals surface area contributed by atoms with Crippen molar-refractivity contribution in [3.8, 4) is 5.75 Å². The molecule has 0 unspecified atom stereocenters. The van der Waals surface area contributed by atoms with Gasteiger partial charge < -0.3 is 15.2 Å². The van der Waals surface area contributed by atoms with Crippen molar-refractivity contribution in [2.45, 2.75) is 32.9 Å². The average Bonchev–Trinajstić information content (AvgIpc) is 2.60. The molecule has 0 fully saturated rings. The Morgan fingerprint density at radius 3 is 2.58 bits per heavy atom. The number of hydrogen-bond acceptors (Lipinski definition) is 3. The number of halogens is 1. The molecule has 5 heteroatoms. The van der Waals surface area contributed by atoms with E-state index in [-0.39, 0.29) is 25.2 Å². The molecule has 0 aliphatic carbocycles. The van der Waals surface area contributed by atoms with E-state index in [1.54, 1.807) is 12.1 Å². The molecule has 24 heavy (non-hydrogen) atoms. The molecular weight excluding hydrogens is 370 g/mol. The van der Waals surface area contributed by atoms with E-state index in [2.05, 4.69) is 40.3 Å². The van der Waals surface area contributed by atoms with Gasteiger partial charge in [0.2, 0.25) is 0 Å². The highest BCUT2D eigenvalue weighted by atomic mass is 79.9. The van der Waals surface area contributed by atoms with Crippen LogP contribution in [-0.4, -0.2) is 17.6 Å². The summed E-state index contributed by atoms with van der Waals surface area (Å²) in [6, 6.07) is 13.4. The molecular formula is C19H22BrNO3. The summed E-state index contributed by atoms with van der Waals surface area (Å²) in [7, 11) is 0. The maximum absolute atomic E-state index is 12.1. The van der Waals surface area contributed by atoms with Gasteiger partial charge in [0, 0.05) is 10.0 Å². The summed E-state index contributed by atoms with van der Waals surface area (Å²) in [6.07, 6.45) is 0.995. The fourth-order valence-electron chi connectivity index (χ4n) is 2.36. The van der Waals surface area contributed by atoms with Crippen molar-refractivity contribution in [1.82, 2.24) is 5.32 Å². The van der Waals surface area contributed by atoms with Crippen molar-refractivity contribution in [2.75, 3.05) is 6.61 Å². The summed E-state index contributed by atoms with van der Waals surface area (Å²) in [5, 5.41) is 12.3. The van der Waals surface area contributed by atoms with Gasteiger partial charge >= 0.3 is 0 Å². The zero-order valence-corrected chi connectivity index (χ0v) is 15.5. The monoisotopic (exact) mass is 391 g/mol. The molecule has 0 spiro atoms. The minimum absolute atomic E-state index is 0.0887. The topological polar surface area (TPSA) is 58.6 Å². The fraction of sp³-hybridized carbons (Fsp3) is 0.316. The Balaban J connectivity index is 1.90. The maximum atomic E-state index is 12.1. The SMILES string of the molecule is CCc1ccc([C@@H](C)NC(=O)COc2ccc(Br)cc2CO)cc1. The van der Waals surface area contributed by atoms with Crippen molar-refractivity contribution in [1.29, 1.82) is 0 Å². The molecule has 0 heterocycles. The summed E-state index contributed by atoms with van der Waals surface area (Å²) in [4.78, 5) is 12.1. The van der Waals surface area contributed by atoms with Crippen molar-refractivity contribution >= 4 is 21.8 Å². The van der Waals surface area contributed by atoms with Gasteiger partial charge in [0.15, 0.2) is 6.61 Å². The highest BCUT2D eigenvalue weighted by Crippen LogP contribution is 2.23. The number of hydrogen-bond donors (Lipinski definition) is 2. The van der Waals surface area contributed by atoms with Gasteiger partial charge in [0.1, 0.15) is 5.75 Å². The van der Waals surface area contributed by atoms with Crippen LogP contribution in [-0.2, 0) is 17.8 Å². The Morgan fingerprint density at radius 2 is 1.96 bits per heavy atom. The Bertz CT molecular complexity index is 686. The minimum atomic E-state index is -0.200. The minimum Gasteiger partial charge on any atom is -0.483 e. The molecule has 128 valence electrons. The predicted molar refractivity (Wildman–Crippen MR) is 97.9 cm³/mol. The summed E-state index contributed by atoms with van der Waals surface area (Å²) in [5.74, 6) is 0.310. The first kappa shape index (κ1) is 18.5. The second-order valence-corrected chi connectivity index (χ2v) is 6.50. The van der Waals surface area contributed by atoms with Crippen molar-refractivity contribution < 1.29 is 14.6 Å².